The lowest BCUT2D eigenvalue weighted by molar-refractivity contribution is -0.199. The van der Waals surface area contributed by atoms with Gasteiger partial charge in [0.15, 0.2) is 6.29 Å². The van der Waals surface area contributed by atoms with Crippen molar-refractivity contribution in [2.75, 3.05) is 13.2 Å². The molecule has 1 N–H and O–H groups in total. The second kappa shape index (κ2) is 9.59. The summed E-state index contributed by atoms with van der Waals surface area (Å²) in [4.78, 5) is 38.6. The molecule has 2 aliphatic heterocycles. The Morgan fingerprint density at radius 1 is 1.23 bits per heavy atom. The van der Waals surface area contributed by atoms with E-state index < -0.39 is 35.7 Å². The zero-order chi connectivity index (χ0) is 21.8. The lowest BCUT2D eigenvalue weighted by Crippen LogP contribution is -2.35. The molecule has 0 spiro atoms. The summed E-state index contributed by atoms with van der Waals surface area (Å²) in [5.41, 5.74) is -0.154. The Bertz CT molecular complexity index is 1010. The number of aryl methyl sites for hydroxylation is 1. The average Bonchev–Trinajstić information content (AvgIpc) is 3.18. The standard InChI is InChI=1S/C22H26N2O7/c1-14-12-24(22(27)23-20(14)25)18-11-16(31-19-9-5-6-10-28-19)17(30-18)13-29-21(26)15-7-3-2-4-8-15/h2-4,7-8,12,16-19H,5-6,9-11,13H2,1H3,(H,23,25,27)/t16-,17+,18+,19?/m0/s1. The van der Waals surface area contributed by atoms with Crippen LogP contribution in [0.25, 0.3) is 0 Å². The molecule has 3 heterocycles. The number of carbonyl (C=O) groups is 1. The smallest absolute Gasteiger partial charge is 0.338 e. The minimum atomic E-state index is -0.655. The van der Waals surface area contributed by atoms with Crippen LogP contribution in [0.4, 0.5) is 0 Å². The summed E-state index contributed by atoms with van der Waals surface area (Å²) < 4.78 is 24.7. The molecule has 4 rings (SSSR count). The SMILES string of the molecule is Cc1cn([C@H]2C[C@H](OC3CCCCO3)[C@@H](COC(=O)c3ccccc3)O2)c(=O)[nH]c1=O. The number of esters is 1. The predicted molar refractivity (Wildman–Crippen MR) is 110 cm³/mol. The first-order valence-corrected chi connectivity index (χ1v) is 10.5. The number of aromatic amines is 1. The fraction of sp³-hybridized carbons (Fsp3) is 0.500. The molecule has 0 radical (unpaired) electrons. The van der Waals surface area contributed by atoms with Crippen LogP contribution in [0.15, 0.2) is 46.1 Å². The Balaban J connectivity index is 1.49. The van der Waals surface area contributed by atoms with Crippen molar-refractivity contribution in [2.24, 2.45) is 0 Å². The molecule has 4 atom stereocenters. The summed E-state index contributed by atoms with van der Waals surface area (Å²) in [6, 6.07) is 8.69. The maximum absolute atomic E-state index is 12.3. The van der Waals surface area contributed by atoms with Crippen molar-refractivity contribution in [3.63, 3.8) is 0 Å². The lowest BCUT2D eigenvalue weighted by Gasteiger charge is -2.27. The van der Waals surface area contributed by atoms with E-state index in [0.717, 1.165) is 19.3 Å². The van der Waals surface area contributed by atoms with E-state index in [2.05, 4.69) is 4.98 Å². The maximum Gasteiger partial charge on any atom is 0.338 e. The van der Waals surface area contributed by atoms with E-state index in [0.29, 0.717) is 24.2 Å². The van der Waals surface area contributed by atoms with Crippen molar-refractivity contribution in [1.82, 2.24) is 9.55 Å². The van der Waals surface area contributed by atoms with Crippen molar-refractivity contribution in [3.05, 3.63) is 68.5 Å². The molecular weight excluding hydrogens is 404 g/mol. The summed E-state index contributed by atoms with van der Waals surface area (Å²) in [5, 5.41) is 0. The third-order valence-electron chi connectivity index (χ3n) is 5.49. The summed E-state index contributed by atoms with van der Waals surface area (Å²) in [5.74, 6) is -0.461. The lowest BCUT2D eigenvalue weighted by atomic mass is 10.1. The van der Waals surface area contributed by atoms with Gasteiger partial charge in [-0.3, -0.25) is 14.3 Å². The highest BCUT2D eigenvalue weighted by atomic mass is 16.7. The van der Waals surface area contributed by atoms with Crippen LogP contribution in [0.3, 0.4) is 0 Å². The largest absolute Gasteiger partial charge is 0.459 e. The van der Waals surface area contributed by atoms with Crippen LogP contribution >= 0.6 is 0 Å². The zero-order valence-electron chi connectivity index (χ0n) is 17.3. The van der Waals surface area contributed by atoms with E-state index in [9.17, 15) is 14.4 Å². The highest BCUT2D eigenvalue weighted by molar-refractivity contribution is 5.89. The number of nitrogens with zero attached hydrogens (tertiary/aromatic N) is 1. The first kappa shape index (κ1) is 21.5. The highest BCUT2D eigenvalue weighted by Gasteiger charge is 2.40. The fourth-order valence-corrected chi connectivity index (χ4v) is 3.79. The van der Waals surface area contributed by atoms with Gasteiger partial charge in [-0.25, -0.2) is 9.59 Å². The molecule has 9 nitrogen and oxygen atoms in total. The molecule has 0 aliphatic carbocycles. The number of ether oxygens (including phenoxy) is 4. The van der Waals surface area contributed by atoms with Crippen molar-refractivity contribution in [2.45, 2.75) is 57.3 Å². The van der Waals surface area contributed by atoms with E-state index in [4.69, 9.17) is 18.9 Å². The molecule has 31 heavy (non-hydrogen) atoms. The third-order valence-corrected chi connectivity index (χ3v) is 5.49. The van der Waals surface area contributed by atoms with Gasteiger partial charge in [-0.2, -0.15) is 0 Å². The second-order valence-corrected chi connectivity index (χ2v) is 7.78. The van der Waals surface area contributed by atoms with Crippen LogP contribution < -0.4 is 11.2 Å². The van der Waals surface area contributed by atoms with Crippen molar-refractivity contribution < 1.29 is 23.7 Å². The molecule has 1 aromatic heterocycles. The Morgan fingerprint density at radius 3 is 2.77 bits per heavy atom. The summed E-state index contributed by atoms with van der Waals surface area (Å²) in [6.07, 6.45) is 2.58. The van der Waals surface area contributed by atoms with Crippen molar-refractivity contribution in [1.29, 1.82) is 0 Å². The van der Waals surface area contributed by atoms with Gasteiger partial charge < -0.3 is 18.9 Å². The number of H-pyrrole nitrogens is 1. The van der Waals surface area contributed by atoms with Crippen LogP contribution in [0.5, 0.6) is 0 Å². The molecular formula is C22H26N2O7. The fourth-order valence-electron chi connectivity index (χ4n) is 3.79. The number of nitrogens with one attached hydrogen (secondary N) is 1. The number of hydrogen-bond acceptors (Lipinski definition) is 7. The normalized spacial score (nSPS) is 26.0. The van der Waals surface area contributed by atoms with Crippen molar-refractivity contribution >= 4 is 5.97 Å². The third kappa shape index (κ3) is 5.12. The monoisotopic (exact) mass is 430 g/mol. The van der Waals surface area contributed by atoms with Crippen LogP contribution in [0.2, 0.25) is 0 Å². The number of benzene rings is 1. The van der Waals surface area contributed by atoms with Gasteiger partial charge >= 0.3 is 11.7 Å². The molecule has 2 aromatic rings. The van der Waals surface area contributed by atoms with Crippen LogP contribution in [-0.2, 0) is 18.9 Å². The van der Waals surface area contributed by atoms with E-state index in [-0.39, 0.29) is 12.9 Å². The first-order chi connectivity index (χ1) is 15.0. The summed E-state index contributed by atoms with van der Waals surface area (Å²) in [7, 11) is 0. The van der Waals surface area contributed by atoms with Gasteiger partial charge in [0, 0.05) is 24.8 Å². The van der Waals surface area contributed by atoms with Crippen LogP contribution in [-0.4, -0.2) is 47.2 Å². The number of carbonyl (C=O) groups excluding carboxylic acids is 1. The number of hydrogen-bond donors (Lipinski definition) is 1. The van der Waals surface area contributed by atoms with Gasteiger partial charge in [-0.15, -0.1) is 0 Å². The average molecular weight is 430 g/mol. The molecule has 1 unspecified atom stereocenters. The van der Waals surface area contributed by atoms with Gasteiger partial charge in [0.1, 0.15) is 18.9 Å². The minimum absolute atomic E-state index is 0.0291. The summed E-state index contributed by atoms with van der Waals surface area (Å²) in [6.45, 7) is 2.22. The first-order valence-electron chi connectivity index (χ1n) is 10.5. The second-order valence-electron chi connectivity index (χ2n) is 7.78. The Kier molecular flexibility index (Phi) is 6.64. The topological polar surface area (TPSA) is 109 Å². The van der Waals surface area contributed by atoms with Crippen LogP contribution in [0, 0.1) is 6.92 Å². The van der Waals surface area contributed by atoms with Crippen molar-refractivity contribution in [3.8, 4) is 0 Å². The molecule has 2 saturated heterocycles. The number of rotatable bonds is 6. The molecule has 0 saturated carbocycles. The number of aromatic nitrogens is 2. The molecule has 0 amide bonds. The highest BCUT2D eigenvalue weighted by Crippen LogP contribution is 2.32. The Labute approximate surface area is 178 Å². The molecule has 1 aromatic carbocycles. The molecule has 2 fully saturated rings. The molecule has 0 bridgehead atoms. The Morgan fingerprint density at radius 2 is 2.03 bits per heavy atom. The zero-order valence-corrected chi connectivity index (χ0v) is 17.3. The van der Waals surface area contributed by atoms with E-state index >= 15 is 0 Å². The molecule has 2 aliphatic rings. The van der Waals surface area contributed by atoms with Gasteiger partial charge in [0.05, 0.1) is 11.7 Å². The summed E-state index contributed by atoms with van der Waals surface area (Å²) >= 11 is 0. The van der Waals surface area contributed by atoms with Crippen LogP contribution in [0.1, 0.15) is 47.8 Å². The Hall–Kier alpha value is -2.75. The van der Waals surface area contributed by atoms with E-state index in [1.54, 1.807) is 31.2 Å². The minimum Gasteiger partial charge on any atom is -0.459 e. The molecule has 166 valence electrons. The van der Waals surface area contributed by atoms with Gasteiger partial charge in [-0.05, 0) is 38.3 Å². The molecule has 9 heteroatoms. The maximum atomic E-state index is 12.3. The van der Waals surface area contributed by atoms with E-state index in [1.165, 1.54) is 10.8 Å². The predicted octanol–water partition coefficient (Wildman–Crippen LogP) is 1.90. The van der Waals surface area contributed by atoms with Gasteiger partial charge in [0.25, 0.3) is 5.56 Å². The van der Waals surface area contributed by atoms with E-state index in [1.807, 2.05) is 6.07 Å². The quantitative estimate of drug-likeness (QED) is 0.697. The van der Waals surface area contributed by atoms with Gasteiger partial charge in [0.2, 0.25) is 0 Å². The van der Waals surface area contributed by atoms with Gasteiger partial charge in [-0.1, -0.05) is 18.2 Å².